The van der Waals surface area contributed by atoms with E-state index in [0.29, 0.717) is 16.3 Å². The Balaban J connectivity index is 1.70. The molecule has 35 heavy (non-hydrogen) atoms. The minimum atomic E-state index is -4.14. The molecule has 1 heterocycles. The maximum Gasteiger partial charge on any atom is 0.283 e. The average Bonchev–Trinajstić information content (AvgIpc) is 3.07. The molecule has 0 aromatic heterocycles. The van der Waals surface area contributed by atoms with Gasteiger partial charge in [0.25, 0.3) is 21.8 Å². The molecular weight excluding hydrogens is 482 g/mol. The summed E-state index contributed by atoms with van der Waals surface area (Å²) in [7, 11) is -4.14. The van der Waals surface area contributed by atoms with Crippen LogP contribution in [0.2, 0.25) is 0 Å². The van der Waals surface area contributed by atoms with E-state index in [0.717, 1.165) is 41.5 Å². The number of benzene rings is 3. The molecule has 180 valence electrons. The highest BCUT2D eigenvalue weighted by molar-refractivity contribution is 8.04. The van der Waals surface area contributed by atoms with Gasteiger partial charge in [0, 0.05) is 10.6 Å². The number of imide groups is 1. The lowest BCUT2D eigenvalue weighted by atomic mass is 10.1. The topological polar surface area (TPSA) is 110 Å². The number of rotatable bonds is 9. The number of amides is 2. The first-order valence-electron chi connectivity index (χ1n) is 11.1. The highest BCUT2D eigenvalue weighted by Crippen LogP contribution is 2.37. The Labute approximate surface area is 209 Å². The van der Waals surface area contributed by atoms with Gasteiger partial charge < -0.3 is 5.73 Å². The molecule has 0 radical (unpaired) electrons. The van der Waals surface area contributed by atoms with E-state index in [-0.39, 0.29) is 15.5 Å². The lowest BCUT2D eigenvalue weighted by Gasteiger charge is -2.16. The van der Waals surface area contributed by atoms with Crippen LogP contribution in [0.3, 0.4) is 0 Å². The van der Waals surface area contributed by atoms with Gasteiger partial charge in [0.15, 0.2) is 0 Å². The Morgan fingerprint density at radius 2 is 1.54 bits per heavy atom. The summed E-state index contributed by atoms with van der Waals surface area (Å²) in [6.45, 7) is 2.11. The third-order valence-electron chi connectivity index (χ3n) is 5.44. The average molecular weight is 508 g/mol. The minimum Gasteiger partial charge on any atom is -0.399 e. The molecule has 0 saturated carbocycles. The zero-order valence-corrected chi connectivity index (χ0v) is 20.7. The van der Waals surface area contributed by atoms with Crippen molar-refractivity contribution in [1.82, 2.24) is 4.72 Å². The first-order valence-corrected chi connectivity index (χ1v) is 13.4. The molecule has 0 unspecified atom stereocenters. The minimum absolute atomic E-state index is 0.00952. The molecule has 3 aromatic carbocycles. The molecule has 3 N–H and O–H groups in total. The van der Waals surface area contributed by atoms with Crippen LogP contribution in [0.5, 0.6) is 0 Å². The monoisotopic (exact) mass is 507 g/mol. The molecule has 0 aliphatic carbocycles. The summed E-state index contributed by atoms with van der Waals surface area (Å²) >= 11 is 1.04. The number of carbonyl (C=O) groups excluding carboxylic acids is 2. The number of anilines is 2. The van der Waals surface area contributed by atoms with Crippen LogP contribution in [0.15, 0.2) is 99.3 Å². The number of nitrogens with zero attached hydrogens (tertiary/aromatic N) is 1. The Hall–Kier alpha value is -3.56. The van der Waals surface area contributed by atoms with Crippen molar-refractivity contribution in [3.8, 4) is 0 Å². The van der Waals surface area contributed by atoms with Crippen LogP contribution in [0.25, 0.3) is 0 Å². The maximum absolute atomic E-state index is 13.4. The molecule has 0 saturated heterocycles. The number of aryl methyl sites for hydroxylation is 1. The zero-order chi connectivity index (χ0) is 25.0. The van der Waals surface area contributed by atoms with Gasteiger partial charge in [-0.05, 0) is 66.9 Å². The van der Waals surface area contributed by atoms with E-state index in [9.17, 15) is 18.0 Å². The maximum atomic E-state index is 13.4. The standard InChI is InChI=1S/C26H25N3O4S2/c1-2-3-7-18-10-14-20(15-11-18)29-25(30)23(24(26(29)31)34-21-8-5-4-6-9-21)28-35(32,33)22-16-12-19(27)13-17-22/h4-6,8-17,28H,2-3,7,27H2,1H3. The molecule has 0 atom stereocenters. The number of nitrogens with two attached hydrogens (primary N) is 1. The van der Waals surface area contributed by atoms with Crippen molar-refractivity contribution in [1.29, 1.82) is 0 Å². The van der Waals surface area contributed by atoms with Gasteiger partial charge in [0.05, 0.1) is 10.6 Å². The van der Waals surface area contributed by atoms with E-state index in [1.165, 1.54) is 24.3 Å². The van der Waals surface area contributed by atoms with Crippen LogP contribution >= 0.6 is 11.8 Å². The number of unbranched alkanes of at least 4 members (excludes halogenated alkanes) is 1. The zero-order valence-electron chi connectivity index (χ0n) is 19.1. The van der Waals surface area contributed by atoms with Gasteiger partial charge in [-0.3, -0.25) is 14.3 Å². The van der Waals surface area contributed by atoms with Crippen LogP contribution in [0.1, 0.15) is 25.3 Å². The molecule has 9 heteroatoms. The van der Waals surface area contributed by atoms with E-state index in [1.807, 2.05) is 18.2 Å². The summed E-state index contributed by atoms with van der Waals surface area (Å²) < 4.78 is 28.5. The number of thioether (sulfide) groups is 1. The Kier molecular flexibility index (Phi) is 7.28. The fourth-order valence-corrected chi connectivity index (χ4v) is 5.65. The van der Waals surface area contributed by atoms with Crippen LogP contribution in [-0.4, -0.2) is 20.2 Å². The molecule has 1 aliphatic rings. The Morgan fingerprint density at radius 3 is 2.17 bits per heavy atom. The highest BCUT2D eigenvalue weighted by Gasteiger charge is 2.41. The van der Waals surface area contributed by atoms with Crippen molar-refractivity contribution in [3.63, 3.8) is 0 Å². The summed E-state index contributed by atoms with van der Waals surface area (Å²) in [5.74, 6) is -1.31. The normalized spacial score (nSPS) is 14.0. The van der Waals surface area contributed by atoms with E-state index in [4.69, 9.17) is 5.73 Å². The number of carbonyl (C=O) groups is 2. The van der Waals surface area contributed by atoms with Crippen molar-refractivity contribution >= 4 is 45.0 Å². The molecule has 4 rings (SSSR count). The van der Waals surface area contributed by atoms with Gasteiger partial charge in [-0.1, -0.05) is 55.4 Å². The van der Waals surface area contributed by atoms with Crippen LogP contribution < -0.4 is 15.4 Å². The first-order chi connectivity index (χ1) is 16.8. The summed E-state index contributed by atoms with van der Waals surface area (Å²) in [5, 5.41) is 0. The largest absolute Gasteiger partial charge is 0.399 e. The highest BCUT2D eigenvalue weighted by atomic mass is 32.2. The van der Waals surface area contributed by atoms with Crippen molar-refractivity contribution in [2.45, 2.75) is 36.0 Å². The predicted octanol–water partition coefficient (Wildman–Crippen LogP) is 4.47. The summed E-state index contributed by atoms with van der Waals surface area (Å²) in [4.78, 5) is 28.5. The second-order valence-corrected chi connectivity index (χ2v) is 10.8. The SMILES string of the molecule is CCCCc1ccc(N2C(=O)C(NS(=O)(=O)c3ccc(N)cc3)=C(Sc3ccccc3)C2=O)cc1. The van der Waals surface area contributed by atoms with E-state index >= 15 is 0 Å². The third-order valence-corrected chi connectivity index (χ3v) is 7.90. The quantitative estimate of drug-likeness (QED) is 0.327. The predicted molar refractivity (Wildman–Crippen MR) is 138 cm³/mol. The lowest BCUT2D eigenvalue weighted by molar-refractivity contribution is -0.120. The fourth-order valence-electron chi connectivity index (χ4n) is 3.57. The fraction of sp³-hybridized carbons (Fsp3) is 0.154. The lowest BCUT2D eigenvalue weighted by Crippen LogP contribution is -2.35. The second kappa shape index (κ2) is 10.4. The van der Waals surface area contributed by atoms with Gasteiger partial charge >= 0.3 is 0 Å². The smallest absolute Gasteiger partial charge is 0.283 e. The molecule has 7 nitrogen and oxygen atoms in total. The third kappa shape index (κ3) is 5.41. The number of nitrogen functional groups attached to an aromatic ring is 1. The Morgan fingerprint density at radius 1 is 0.886 bits per heavy atom. The summed E-state index contributed by atoms with van der Waals surface area (Å²) in [5.41, 5.74) is 7.28. The van der Waals surface area contributed by atoms with Crippen molar-refractivity contribution < 1.29 is 18.0 Å². The molecule has 0 bridgehead atoms. The van der Waals surface area contributed by atoms with Gasteiger partial charge in [0.1, 0.15) is 10.6 Å². The summed E-state index contributed by atoms with van der Waals surface area (Å²) in [6.07, 6.45) is 3.00. The van der Waals surface area contributed by atoms with Crippen molar-refractivity contribution in [2.24, 2.45) is 0 Å². The van der Waals surface area contributed by atoms with Gasteiger partial charge in [-0.2, -0.15) is 0 Å². The van der Waals surface area contributed by atoms with E-state index in [1.54, 1.807) is 36.4 Å². The summed E-state index contributed by atoms with van der Waals surface area (Å²) in [6, 6.07) is 21.8. The number of nitrogens with one attached hydrogen (secondary N) is 1. The van der Waals surface area contributed by atoms with Crippen LogP contribution in [0, 0.1) is 0 Å². The molecule has 0 spiro atoms. The number of sulfonamides is 1. The van der Waals surface area contributed by atoms with E-state index < -0.39 is 21.8 Å². The van der Waals surface area contributed by atoms with Crippen LogP contribution in [0.4, 0.5) is 11.4 Å². The van der Waals surface area contributed by atoms with Gasteiger partial charge in [0.2, 0.25) is 0 Å². The molecule has 1 aliphatic heterocycles. The second-order valence-electron chi connectivity index (χ2n) is 8.01. The molecule has 0 fully saturated rings. The molecule has 2 amide bonds. The van der Waals surface area contributed by atoms with E-state index in [2.05, 4.69) is 11.6 Å². The molecular formula is C26H25N3O4S2. The Bertz CT molecular complexity index is 1370. The van der Waals surface area contributed by atoms with Crippen molar-refractivity contribution in [3.05, 3.63) is 95.0 Å². The number of hydrogen-bond acceptors (Lipinski definition) is 6. The molecule has 3 aromatic rings. The number of hydrogen-bond donors (Lipinski definition) is 2. The van der Waals surface area contributed by atoms with Gasteiger partial charge in [-0.15, -0.1) is 0 Å². The van der Waals surface area contributed by atoms with Crippen LogP contribution in [-0.2, 0) is 26.0 Å². The van der Waals surface area contributed by atoms with Gasteiger partial charge in [-0.25, -0.2) is 13.3 Å². The van der Waals surface area contributed by atoms with Crippen molar-refractivity contribution in [2.75, 3.05) is 10.6 Å². The first kappa shape index (κ1) is 24.6.